The number of Topliss-reactive ketones (excluding diaryl/α,β-unsaturated/α-hetero) is 1. The predicted octanol–water partition coefficient (Wildman–Crippen LogP) is 3.49. The lowest BCUT2D eigenvalue weighted by molar-refractivity contribution is -0.114. The van der Waals surface area contributed by atoms with Crippen LogP contribution in [0.15, 0.2) is 30.6 Å². The lowest BCUT2D eigenvalue weighted by atomic mass is 9.93. The van der Waals surface area contributed by atoms with Gasteiger partial charge in [0.15, 0.2) is 11.6 Å². The summed E-state index contributed by atoms with van der Waals surface area (Å²) in [5, 5.41) is 14.3. The van der Waals surface area contributed by atoms with Gasteiger partial charge in [0.1, 0.15) is 5.82 Å². The molecule has 0 aliphatic carbocycles. The number of anilines is 1. The number of aromatic nitrogens is 4. The topological polar surface area (TPSA) is 92.1 Å². The van der Waals surface area contributed by atoms with Gasteiger partial charge in [0.2, 0.25) is 5.91 Å². The molecule has 4 rings (SSSR count). The molecular weight excluding hydrogens is 349 g/mol. The Kier molecular flexibility index (Phi) is 3.76. The van der Waals surface area contributed by atoms with Crippen LogP contribution in [0.5, 0.6) is 0 Å². The number of nitrogens with zero attached hydrogens (tertiary/aromatic N) is 3. The number of rotatable bonds is 3. The second-order valence-electron chi connectivity index (χ2n) is 6.40. The monoisotopic (exact) mass is 365 g/mol. The van der Waals surface area contributed by atoms with Gasteiger partial charge < -0.3 is 5.32 Å². The molecule has 0 saturated heterocycles. The van der Waals surface area contributed by atoms with E-state index in [0.29, 0.717) is 27.8 Å². The number of amides is 1. The van der Waals surface area contributed by atoms with Crippen molar-refractivity contribution in [2.24, 2.45) is 0 Å². The number of H-pyrrole nitrogens is 1. The van der Waals surface area contributed by atoms with E-state index in [1.807, 2.05) is 6.07 Å². The van der Waals surface area contributed by atoms with E-state index < -0.39 is 5.82 Å². The van der Waals surface area contributed by atoms with E-state index in [1.54, 1.807) is 36.0 Å². The zero-order valence-electron chi connectivity index (χ0n) is 14.9. The lowest BCUT2D eigenvalue weighted by Crippen LogP contribution is -2.06. The third-order valence-corrected chi connectivity index (χ3v) is 4.49. The first-order valence-corrected chi connectivity index (χ1v) is 8.30. The molecule has 0 spiro atoms. The van der Waals surface area contributed by atoms with Crippen LogP contribution in [0.2, 0.25) is 0 Å². The molecule has 0 fully saturated rings. The summed E-state index contributed by atoms with van der Waals surface area (Å²) in [6, 6.07) is 5.38. The number of pyridine rings is 1. The maximum Gasteiger partial charge on any atom is 0.222 e. The fourth-order valence-electron chi connectivity index (χ4n) is 3.37. The first-order valence-electron chi connectivity index (χ1n) is 8.30. The maximum atomic E-state index is 14.9. The Morgan fingerprint density at radius 3 is 2.74 bits per heavy atom. The average Bonchev–Trinajstić information content (AvgIpc) is 3.20. The Morgan fingerprint density at radius 2 is 2.04 bits per heavy atom. The quantitative estimate of drug-likeness (QED) is 0.544. The van der Waals surface area contributed by atoms with Crippen molar-refractivity contribution in [2.45, 2.75) is 20.8 Å². The molecule has 0 saturated carbocycles. The highest BCUT2D eigenvalue weighted by atomic mass is 19.1. The number of halogens is 1. The van der Waals surface area contributed by atoms with Gasteiger partial charge in [-0.1, -0.05) is 0 Å². The van der Waals surface area contributed by atoms with Crippen LogP contribution in [0.25, 0.3) is 27.5 Å². The van der Waals surface area contributed by atoms with Crippen molar-refractivity contribution in [1.82, 2.24) is 19.8 Å². The molecule has 1 aromatic carbocycles. The summed E-state index contributed by atoms with van der Waals surface area (Å²) in [6.45, 7) is 4.39. The van der Waals surface area contributed by atoms with Gasteiger partial charge in [-0.15, -0.1) is 0 Å². The van der Waals surface area contributed by atoms with Gasteiger partial charge in [-0.25, -0.2) is 8.91 Å². The van der Waals surface area contributed by atoms with Gasteiger partial charge in [-0.2, -0.15) is 10.2 Å². The number of nitrogens with one attached hydrogen (secondary N) is 2. The largest absolute Gasteiger partial charge is 0.309 e. The number of carbonyl (C=O) groups is 2. The molecule has 0 aliphatic heterocycles. The first-order chi connectivity index (χ1) is 12.9. The van der Waals surface area contributed by atoms with Crippen molar-refractivity contribution in [1.29, 1.82) is 0 Å². The van der Waals surface area contributed by atoms with Gasteiger partial charge in [0.05, 0.1) is 22.8 Å². The lowest BCUT2D eigenvalue weighted by Gasteiger charge is -2.12. The molecule has 0 bridgehead atoms. The molecule has 3 heterocycles. The second-order valence-corrected chi connectivity index (χ2v) is 6.40. The summed E-state index contributed by atoms with van der Waals surface area (Å²) >= 11 is 0. The number of hydrogen-bond acceptors (Lipinski definition) is 4. The molecule has 0 radical (unpaired) electrons. The summed E-state index contributed by atoms with van der Waals surface area (Å²) in [6.07, 6.45) is 3.32. The minimum Gasteiger partial charge on any atom is -0.309 e. The van der Waals surface area contributed by atoms with Gasteiger partial charge in [0, 0.05) is 24.6 Å². The third-order valence-electron chi connectivity index (χ3n) is 4.49. The number of fused-ring (bicyclic) bond motifs is 2. The third kappa shape index (κ3) is 2.66. The molecule has 4 aromatic rings. The molecule has 0 atom stereocenters. The van der Waals surface area contributed by atoms with Crippen LogP contribution in [-0.2, 0) is 4.79 Å². The minimum absolute atomic E-state index is 0.0159. The Balaban J connectivity index is 1.96. The van der Waals surface area contributed by atoms with Crippen LogP contribution in [0, 0.1) is 12.7 Å². The van der Waals surface area contributed by atoms with E-state index in [9.17, 15) is 14.0 Å². The first kappa shape index (κ1) is 16.9. The van der Waals surface area contributed by atoms with Crippen molar-refractivity contribution in [2.75, 3.05) is 5.32 Å². The van der Waals surface area contributed by atoms with Crippen molar-refractivity contribution in [3.05, 3.63) is 47.5 Å². The average molecular weight is 365 g/mol. The van der Waals surface area contributed by atoms with Gasteiger partial charge in [0.25, 0.3) is 0 Å². The van der Waals surface area contributed by atoms with Crippen molar-refractivity contribution in [3.8, 4) is 11.1 Å². The fraction of sp³-hybridized carbons (Fsp3) is 0.158. The van der Waals surface area contributed by atoms with Crippen molar-refractivity contribution in [3.63, 3.8) is 0 Å². The van der Waals surface area contributed by atoms with E-state index in [0.717, 1.165) is 11.1 Å². The summed E-state index contributed by atoms with van der Waals surface area (Å²) in [5.41, 5.74) is 2.93. The van der Waals surface area contributed by atoms with Crippen LogP contribution in [-0.4, -0.2) is 31.5 Å². The van der Waals surface area contributed by atoms with Crippen molar-refractivity contribution < 1.29 is 14.0 Å². The SMILES string of the molecule is CC(=O)Nc1cc2cc(-c3c(C)c(F)c(C(C)=O)c4[nH]ncc34)ccn2n1. The highest BCUT2D eigenvalue weighted by Crippen LogP contribution is 2.36. The van der Waals surface area contributed by atoms with Crippen LogP contribution < -0.4 is 5.32 Å². The van der Waals surface area contributed by atoms with Crippen LogP contribution >= 0.6 is 0 Å². The summed E-state index contributed by atoms with van der Waals surface area (Å²) < 4.78 is 16.6. The minimum atomic E-state index is -0.554. The van der Waals surface area contributed by atoms with E-state index in [-0.39, 0.29) is 17.3 Å². The predicted molar refractivity (Wildman–Crippen MR) is 99.3 cm³/mol. The normalized spacial score (nSPS) is 11.3. The molecule has 136 valence electrons. The zero-order valence-corrected chi connectivity index (χ0v) is 14.9. The second kappa shape index (κ2) is 6.01. The number of benzene rings is 1. The Labute approximate surface area is 153 Å². The van der Waals surface area contributed by atoms with E-state index in [2.05, 4.69) is 20.6 Å². The molecule has 0 unspecified atom stereocenters. The molecule has 2 N–H and O–H groups in total. The van der Waals surface area contributed by atoms with Crippen molar-refractivity contribution >= 4 is 33.9 Å². The standard InChI is InChI=1S/C19H16FN5O2/c1-9-16(14-8-21-23-19(14)17(10(2)26)18(9)20)12-4-5-25-13(6-12)7-15(24-25)22-11(3)27/h4-8H,1-3H3,(H,21,23)(H,22,24,27). The van der Waals surface area contributed by atoms with Gasteiger partial charge in [-0.05, 0) is 42.7 Å². The van der Waals surface area contributed by atoms with Crippen LogP contribution in [0.1, 0.15) is 29.8 Å². The molecule has 0 aliphatic rings. The molecule has 8 heteroatoms. The Bertz CT molecular complexity index is 1240. The van der Waals surface area contributed by atoms with Gasteiger partial charge >= 0.3 is 0 Å². The van der Waals surface area contributed by atoms with E-state index in [4.69, 9.17) is 0 Å². The Morgan fingerprint density at radius 1 is 1.26 bits per heavy atom. The molecule has 3 aromatic heterocycles. The molecule has 27 heavy (non-hydrogen) atoms. The number of hydrogen-bond donors (Lipinski definition) is 2. The number of ketones is 1. The molecule has 7 nitrogen and oxygen atoms in total. The molecule has 1 amide bonds. The highest BCUT2D eigenvalue weighted by Gasteiger charge is 2.22. The zero-order chi connectivity index (χ0) is 19.3. The van der Waals surface area contributed by atoms with E-state index in [1.165, 1.54) is 13.8 Å². The van der Waals surface area contributed by atoms with Crippen LogP contribution in [0.4, 0.5) is 10.2 Å². The fourth-order valence-corrected chi connectivity index (χ4v) is 3.37. The highest BCUT2D eigenvalue weighted by molar-refractivity contribution is 6.10. The van der Waals surface area contributed by atoms with Crippen LogP contribution in [0.3, 0.4) is 0 Å². The smallest absolute Gasteiger partial charge is 0.222 e. The summed E-state index contributed by atoms with van der Waals surface area (Å²) in [4.78, 5) is 23.1. The maximum absolute atomic E-state index is 14.9. The Hall–Kier alpha value is -3.55. The van der Waals surface area contributed by atoms with E-state index >= 15 is 0 Å². The summed E-state index contributed by atoms with van der Waals surface area (Å²) in [7, 11) is 0. The van der Waals surface area contributed by atoms with Gasteiger partial charge in [-0.3, -0.25) is 14.7 Å². The number of carbonyl (C=O) groups excluding carboxylic acids is 2. The number of aromatic amines is 1. The summed E-state index contributed by atoms with van der Waals surface area (Å²) in [5.74, 6) is -0.691. The molecular formula is C19H16FN5O2.